The van der Waals surface area contributed by atoms with Crippen LogP contribution in [0, 0.1) is 0 Å². The van der Waals surface area contributed by atoms with Gasteiger partial charge >= 0.3 is 0 Å². The lowest BCUT2D eigenvalue weighted by Gasteiger charge is -2.28. The zero-order valence-electron chi connectivity index (χ0n) is 32.2. The van der Waals surface area contributed by atoms with Gasteiger partial charge in [-0.05, 0) is 88.1 Å². The van der Waals surface area contributed by atoms with Gasteiger partial charge in [0, 0.05) is 54.3 Å². The van der Waals surface area contributed by atoms with Crippen LogP contribution in [0.1, 0.15) is 0 Å². The van der Waals surface area contributed by atoms with Gasteiger partial charge in [-0.3, -0.25) is 0 Å². The molecule has 0 bridgehead atoms. The molecule has 3 heterocycles. The summed E-state index contributed by atoms with van der Waals surface area (Å²) in [6.45, 7) is 0. The molecule has 0 amide bonds. The standard InChI is InChI=1S/C56H33NO3/c1-3-16-38-34(12-1)14-7-23-47(38)57(48-24-8-15-35-13-2-4-17-39(35)48)37-29-31-50-46(33-37)43-22-9-21-42(56(43)60-50)41-20-11-27-52-55(41)45-30-28-36(32-53(45)59-52)40-19-10-26-51-54(40)44-18-5-6-25-49(44)58-51/h1-33H. The summed E-state index contributed by atoms with van der Waals surface area (Å²) in [7, 11) is 0. The molecule has 0 N–H and O–H groups in total. The van der Waals surface area contributed by atoms with Gasteiger partial charge in [0.2, 0.25) is 0 Å². The van der Waals surface area contributed by atoms with Crippen LogP contribution in [0.3, 0.4) is 0 Å². The second-order valence-corrected chi connectivity index (χ2v) is 15.6. The Morgan fingerprint density at radius 2 is 0.833 bits per heavy atom. The van der Waals surface area contributed by atoms with Crippen molar-refractivity contribution in [2.45, 2.75) is 0 Å². The van der Waals surface area contributed by atoms with E-state index < -0.39 is 0 Å². The van der Waals surface area contributed by atoms with Crippen molar-refractivity contribution in [1.82, 2.24) is 0 Å². The normalized spacial score (nSPS) is 12.0. The van der Waals surface area contributed by atoms with E-state index in [1.54, 1.807) is 0 Å². The maximum atomic E-state index is 6.85. The quantitative estimate of drug-likeness (QED) is 0.175. The molecule has 13 aromatic rings. The molecule has 4 heteroatoms. The molecule has 0 saturated carbocycles. The molecule has 60 heavy (non-hydrogen) atoms. The van der Waals surface area contributed by atoms with Crippen molar-refractivity contribution in [1.29, 1.82) is 0 Å². The lowest BCUT2D eigenvalue weighted by molar-refractivity contribution is 0.668. The first kappa shape index (κ1) is 32.9. The third-order valence-corrected chi connectivity index (χ3v) is 12.3. The molecule has 280 valence electrons. The van der Waals surface area contributed by atoms with Crippen molar-refractivity contribution in [2.24, 2.45) is 0 Å². The van der Waals surface area contributed by atoms with Crippen LogP contribution in [0.5, 0.6) is 0 Å². The van der Waals surface area contributed by atoms with E-state index in [-0.39, 0.29) is 0 Å². The molecule has 0 spiro atoms. The smallest absolute Gasteiger partial charge is 0.143 e. The molecule has 0 unspecified atom stereocenters. The first-order valence-electron chi connectivity index (χ1n) is 20.3. The first-order valence-corrected chi connectivity index (χ1v) is 20.3. The summed E-state index contributed by atoms with van der Waals surface area (Å²) in [5.74, 6) is 0. The summed E-state index contributed by atoms with van der Waals surface area (Å²) >= 11 is 0. The fraction of sp³-hybridized carbons (Fsp3) is 0. The van der Waals surface area contributed by atoms with Crippen LogP contribution in [0.2, 0.25) is 0 Å². The fourth-order valence-electron chi connectivity index (χ4n) is 9.59. The Bertz CT molecular complexity index is 3770. The number of hydrogen-bond acceptors (Lipinski definition) is 4. The van der Waals surface area contributed by atoms with Crippen LogP contribution >= 0.6 is 0 Å². The molecule has 0 atom stereocenters. The predicted molar refractivity (Wildman–Crippen MR) is 249 cm³/mol. The van der Waals surface area contributed by atoms with E-state index >= 15 is 0 Å². The van der Waals surface area contributed by atoms with Gasteiger partial charge in [0.1, 0.15) is 33.5 Å². The molecule has 0 aliphatic heterocycles. The summed E-state index contributed by atoms with van der Waals surface area (Å²) in [6.07, 6.45) is 0. The minimum Gasteiger partial charge on any atom is -0.456 e. The number of furan rings is 3. The van der Waals surface area contributed by atoms with Crippen LogP contribution in [0.15, 0.2) is 213 Å². The molecule has 0 aliphatic rings. The van der Waals surface area contributed by atoms with Crippen molar-refractivity contribution in [3.8, 4) is 22.3 Å². The Morgan fingerprint density at radius 3 is 1.60 bits per heavy atom. The van der Waals surface area contributed by atoms with Crippen molar-refractivity contribution in [3.05, 3.63) is 200 Å². The Labute approximate surface area is 343 Å². The van der Waals surface area contributed by atoms with Crippen LogP contribution in [0.4, 0.5) is 17.1 Å². The minimum atomic E-state index is 0.836. The molecule has 0 saturated heterocycles. The van der Waals surface area contributed by atoms with Gasteiger partial charge in [-0.1, -0.05) is 140 Å². The zero-order chi connectivity index (χ0) is 39.3. The van der Waals surface area contributed by atoms with E-state index in [0.29, 0.717) is 0 Å². The summed E-state index contributed by atoms with van der Waals surface area (Å²) in [4.78, 5) is 2.40. The molecule has 0 aliphatic carbocycles. The van der Waals surface area contributed by atoms with E-state index in [2.05, 4.69) is 187 Å². The minimum absolute atomic E-state index is 0.836. The van der Waals surface area contributed by atoms with Crippen molar-refractivity contribution >= 4 is 104 Å². The average Bonchev–Trinajstić information content (AvgIpc) is 4.00. The van der Waals surface area contributed by atoms with Gasteiger partial charge in [0.25, 0.3) is 0 Å². The van der Waals surface area contributed by atoms with Crippen LogP contribution in [0.25, 0.3) is 110 Å². The number of rotatable bonds is 5. The average molecular weight is 768 g/mol. The maximum absolute atomic E-state index is 6.85. The Kier molecular flexibility index (Phi) is 6.98. The van der Waals surface area contributed by atoms with Crippen LogP contribution in [-0.4, -0.2) is 0 Å². The van der Waals surface area contributed by atoms with Gasteiger partial charge < -0.3 is 18.2 Å². The highest BCUT2D eigenvalue weighted by Gasteiger charge is 2.22. The third-order valence-electron chi connectivity index (χ3n) is 12.3. The maximum Gasteiger partial charge on any atom is 0.143 e. The van der Waals surface area contributed by atoms with Crippen LogP contribution < -0.4 is 4.90 Å². The second kappa shape index (κ2) is 12.7. The van der Waals surface area contributed by atoms with E-state index in [0.717, 1.165) is 105 Å². The lowest BCUT2D eigenvalue weighted by atomic mass is 9.95. The Morgan fingerprint density at radius 1 is 0.300 bits per heavy atom. The monoisotopic (exact) mass is 767 g/mol. The third kappa shape index (κ3) is 4.85. The lowest BCUT2D eigenvalue weighted by Crippen LogP contribution is -2.11. The number of hydrogen-bond donors (Lipinski definition) is 0. The summed E-state index contributed by atoms with van der Waals surface area (Å²) in [6, 6.07) is 70.8. The highest BCUT2D eigenvalue weighted by Crippen LogP contribution is 2.47. The van der Waals surface area contributed by atoms with E-state index in [1.165, 1.54) is 21.5 Å². The largest absolute Gasteiger partial charge is 0.456 e. The molecule has 4 nitrogen and oxygen atoms in total. The summed E-state index contributed by atoms with van der Waals surface area (Å²) in [5.41, 5.74) is 12.7. The second-order valence-electron chi connectivity index (χ2n) is 15.6. The number of anilines is 3. The molecule has 0 radical (unpaired) electrons. The van der Waals surface area contributed by atoms with E-state index in [1.807, 2.05) is 18.2 Å². The van der Waals surface area contributed by atoms with Gasteiger partial charge in [-0.15, -0.1) is 0 Å². The van der Waals surface area contributed by atoms with Gasteiger partial charge in [0.05, 0.1) is 11.4 Å². The van der Waals surface area contributed by atoms with Gasteiger partial charge in [-0.25, -0.2) is 0 Å². The highest BCUT2D eigenvalue weighted by atomic mass is 16.3. The van der Waals surface area contributed by atoms with E-state index in [4.69, 9.17) is 13.3 Å². The molecular formula is C56H33NO3. The molecule has 10 aromatic carbocycles. The molecule has 13 rings (SSSR count). The van der Waals surface area contributed by atoms with E-state index in [9.17, 15) is 0 Å². The number of nitrogens with zero attached hydrogens (tertiary/aromatic N) is 1. The zero-order valence-corrected chi connectivity index (χ0v) is 32.2. The topological polar surface area (TPSA) is 42.7 Å². The van der Waals surface area contributed by atoms with Crippen molar-refractivity contribution in [2.75, 3.05) is 4.90 Å². The molecule has 0 fully saturated rings. The highest BCUT2D eigenvalue weighted by molar-refractivity contribution is 6.19. The summed E-state index contributed by atoms with van der Waals surface area (Å²) in [5, 5.41) is 11.2. The first-order chi connectivity index (χ1) is 29.7. The fourth-order valence-corrected chi connectivity index (χ4v) is 9.59. The van der Waals surface area contributed by atoms with Crippen molar-refractivity contribution in [3.63, 3.8) is 0 Å². The Balaban J connectivity index is 0.981. The summed E-state index contributed by atoms with van der Waals surface area (Å²) < 4.78 is 19.7. The number of fused-ring (bicyclic) bond motifs is 11. The Hall–Kier alpha value is -8.08. The number of benzene rings is 10. The van der Waals surface area contributed by atoms with Gasteiger partial charge in [-0.2, -0.15) is 0 Å². The van der Waals surface area contributed by atoms with Crippen LogP contribution in [-0.2, 0) is 0 Å². The molecular weight excluding hydrogens is 735 g/mol. The molecule has 3 aromatic heterocycles. The van der Waals surface area contributed by atoms with Gasteiger partial charge in [0.15, 0.2) is 0 Å². The predicted octanol–water partition coefficient (Wildman–Crippen LogP) is 16.5. The number of para-hydroxylation sites is 2. The SMILES string of the molecule is c1ccc2c(N(c3ccc4oc5c(-c6cccc7oc8cc(-c9cccc%10oc%11ccccc%11c9%10)ccc8c67)cccc5c4c3)c3cccc4ccccc34)cccc2c1. The van der Waals surface area contributed by atoms with Crippen molar-refractivity contribution < 1.29 is 13.3 Å².